The SMILES string of the molecule is Cc1ccc(S(=O)(=O)N2C[C@H]3CN(C(=O)COc4cccc(C)c4)C[C@@H](C2)O3)cc1. The molecule has 2 aliphatic heterocycles. The quantitative estimate of drug-likeness (QED) is 0.725. The van der Waals surface area contributed by atoms with Gasteiger partial charge in [-0.3, -0.25) is 4.79 Å². The summed E-state index contributed by atoms with van der Waals surface area (Å²) in [6.45, 7) is 5.01. The molecule has 0 radical (unpaired) electrons. The molecule has 2 fully saturated rings. The van der Waals surface area contributed by atoms with Crippen molar-refractivity contribution in [1.29, 1.82) is 0 Å². The third kappa shape index (κ3) is 4.50. The van der Waals surface area contributed by atoms with Gasteiger partial charge in [-0.05, 0) is 43.7 Å². The summed E-state index contributed by atoms with van der Waals surface area (Å²) in [5.74, 6) is 0.539. The first-order valence-corrected chi connectivity index (χ1v) is 11.4. The van der Waals surface area contributed by atoms with E-state index in [9.17, 15) is 13.2 Å². The minimum absolute atomic E-state index is 0.0473. The highest BCUT2D eigenvalue weighted by atomic mass is 32.2. The topological polar surface area (TPSA) is 76.2 Å². The van der Waals surface area contributed by atoms with Gasteiger partial charge in [0.25, 0.3) is 5.91 Å². The molecule has 0 aliphatic carbocycles. The van der Waals surface area contributed by atoms with Crippen LogP contribution in [0.15, 0.2) is 53.4 Å². The smallest absolute Gasteiger partial charge is 0.260 e. The van der Waals surface area contributed by atoms with Crippen LogP contribution >= 0.6 is 0 Å². The molecule has 2 bridgehead atoms. The lowest BCUT2D eigenvalue weighted by atomic mass is 10.1. The molecule has 30 heavy (non-hydrogen) atoms. The maximum atomic E-state index is 13.0. The Labute approximate surface area is 177 Å². The van der Waals surface area contributed by atoms with Crippen molar-refractivity contribution >= 4 is 15.9 Å². The number of ether oxygens (including phenoxy) is 2. The van der Waals surface area contributed by atoms with Crippen LogP contribution in [0.1, 0.15) is 11.1 Å². The highest BCUT2D eigenvalue weighted by Crippen LogP contribution is 2.25. The normalized spacial score (nSPS) is 22.0. The average Bonchev–Trinajstić information content (AvgIpc) is 2.71. The molecule has 2 aliphatic rings. The average molecular weight is 431 g/mol. The minimum Gasteiger partial charge on any atom is -0.484 e. The second kappa shape index (κ2) is 8.37. The summed E-state index contributed by atoms with van der Waals surface area (Å²) in [5.41, 5.74) is 2.07. The molecule has 8 heteroatoms. The first-order valence-electron chi connectivity index (χ1n) is 10.0. The lowest BCUT2D eigenvalue weighted by Crippen LogP contribution is -2.61. The summed E-state index contributed by atoms with van der Waals surface area (Å²) in [6.07, 6.45) is -0.693. The van der Waals surface area contributed by atoms with Gasteiger partial charge in [-0.15, -0.1) is 0 Å². The molecule has 2 aromatic carbocycles. The van der Waals surface area contributed by atoms with Gasteiger partial charge in [-0.2, -0.15) is 4.31 Å². The summed E-state index contributed by atoms with van der Waals surface area (Å²) >= 11 is 0. The number of nitrogens with zero attached hydrogens (tertiary/aromatic N) is 2. The van der Waals surface area contributed by atoms with Gasteiger partial charge in [0.1, 0.15) is 5.75 Å². The van der Waals surface area contributed by atoms with Crippen LogP contribution in [0.4, 0.5) is 0 Å². The molecule has 160 valence electrons. The van der Waals surface area contributed by atoms with Crippen molar-refractivity contribution in [3.8, 4) is 5.75 Å². The summed E-state index contributed by atoms with van der Waals surface area (Å²) in [4.78, 5) is 14.6. The zero-order chi connectivity index (χ0) is 21.3. The number of sulfonamides is 1. The number of morpholine rings is 2. The first-order chi connectivity index (χ1) is 14.3. The lowest BCUT2D eigenvalue weighted by molar-refractivity contribution is -0.156. The maximum Gasteiger partial charge on any atom is 0.260 e. The Bertz CT molecular complexity index is 1010. The minimum atomic E-state index is -3.58. The van der Waals surface area contributed by atoms with Crippen LogP contribution in [0, 0.1) is 13.8 Å². The van der Waals surface area contributed by atoms with Crippen molar-refractivity contribution in [2.45, 2.75) is 31.0 Å². The third-order valence-corrected chi connectivity index (χ3v) is 7.26. The standard InChI is InChI=1S/C22H26N2O5S/c1-16-6-8-21(9-7-16)30(26,27)24-13-19-11-23(12-20(14-24)29-19)22(25)15-28-18-5-3-4-17(2)10-18/h3-10,19-20H,11-15H2,1-2H3/t19-,20+. The van der Waals surface area contributed by atoms with Crippen LogP contribution in [0.5, 0.6) is 5.75 Å². The summed E-state index contributed by atoms with van der Waals surface area (Å²) in [6, 6.07) is 14.4. The molecule has 2 atom stereocenters. The molecule has 0 spiro atoms. The zero-order valence-corrected chi connectivity index (χ0v) is 18.0. The molecule has 2 aromatic rings. The van der Waals surface area contributed by atoms with Crippen LogP contribution < -0.4 is 4.74 Å². The highest BCUT2D eigenvalue weighted by Gasteiger charge is 2.41. The number of aryl methyl sites for hydroxylation is 2. The van der Waals surface area contributed by atoms with Crippen LogP contribution in [0.3, 0.4) is 0 Å². The van der Waals surface area contributed by atoms with Crippen LogP contribution in [-0.2, 0) is 19.6 Å². The number of amides is 1. The fourth-order valence-corrected chi connectivity index (χ4v) is 5.36. The first kappa shape index (κ1) is 20.8. The lowest BCUT2D eigenvalue weighted by Gasteiger charge is -2.45. The van der Waals surface area contributed by atoms with Gasteiger partial charge in [0.15, 0.2) is 6.61 Å². The third-order valence-electron chi connectivity index (χ3n) is 5.41. The number of hydrogen-bond acceptors (Lipinski definition) is 5. The Kier molecular flexibility index (Phi) is 5.81. The summed E-state index contributed by atoms with van der Waals surface area (Å²) < 4.78 is 39.0. The Morgan fingerprint density at radius 3 is 2.30 bits per heavy atom. The Balaban J connectivity index is 1.38. The van der Waals surface area contributed by atoms with E-state index in [1.165, 1.54) is 4.31 Å². The second-order valence-corrected chi connectivity index (χ2v) is 9.86. The molecule has 2 heterocycles. The van der Waals surface area contributed by atoms with Crippen molar-refractivity contribution in [3.05, 3.63) is 59.7 Å². The van der Waals surface area contributed by atoms with E-state index >= 15 is 0 Å². The van der Waals surface area contributed by atoms with E-state index in [1.807, 2.05) is 38.1 Å². The highest BCUT2D eigenvalue weighted by molar-refractivity contribution is 7.89. The van der Waals surface area contributed by atoms with Crippen molar-refractivity contribution in [3.63, 3.8) is 0 Å². The van der Waals surface area contributed by atoms with E-state index < -0.39 is 10.0 Å². The predicted molar refractivity (Wildman–Crippen MR) is 112 cm³/mol. The van der Waals surface area contributed by atoms with Crippen molar-refractivity contribution in [2.75, 3.05) is 32.8 Å². The van der Waals surface area contributed by atoms with Crippen LogP contribution in [0.25, 0.3) is 0 Å². The largest absolute Gasteiger partial charge is 0.484 e. The molecule has 1 amide bonds. The predicted octanol–water partition coefficient (Wildman–Crippen LogP) is 1.98. The summed E-state index contributed by atoms with van der Waals surface area (Å²) in [5, 5.41) is 0. The Morgan fingerprint density at radius 1 is 1.00 bits per heavy atom. The van der Waals surface area contributed by atoms with Gasteiger partial charge in [0, 0.05) is 26.2 Å². The fourth-order valence-electron chi connectivity index (χ4n) is 3.86. The van der Waals surface area contributed by atoms with Gasteiger partial charge < -0.3 is 14.4 Å². The van der Waals surface area contributed by atoms with E-state index in [1.54, 1.807) is 29.2 Å². The van der Waals surface area contributed by atoms with Gasteiger partial charge in [0.2, 0.25) is 10.0 Å². The molecular formula is C22H26N2O5S. The monoisotopic (exact) mass is 430 g/mol. The molecule has 0 unspecified atom stereocenters. The van der Waals surface area contributed by atoms with E-state index in [0.717, 1.165) is 11.1 Å². The van der Waals surface area contributed by atoms with Crippen molar-refractivity contribution < 1.29 is 22.7 Å². The summed E-state index contributed by atoms with van der Waals surface area (Å²) in [7, 11) is -3.58. The number of carbonyl (C=O) groups excluding carboxylic acids is 1. The molecule has 0 saturated carbocycles. The molecular weight excluding hydrogens is 404 g/mol. The molecule has 7 nitrogen and oxygen atoms in total. The van der Waals surface area contributed by atoms with Gasteiger partial charge in [0.05, 0.1) is 17.1 Å². The molecule has 2 saturated heterocycles. The van der Waals surface area contributed by atoms with E-state index in [2.05, 4.69) is 0 Å². The van der Waals surface area contributed by atoms with E-state index in [0.29, 0.717) is 18.8 Å². The van der Waals surface area contributed by atoms with Crippen molar-refractivity contribution in [2.24, 2.45) is 0 Å². The number of carbonyl (C=O) groups is 1. The Morgan fingerprint density at radius 2 is 1.67 bits per heavy atom. The fraction of sp³-hybridized carbons (Fsp3) is 0.409. The van der Waals surface area contributed by atoms with E-state index in [-0.39, 0.29) is 42.7 Å². The number of hydrogen-bond donors (Lipinski definition) is 0. The number of fused-ring (bicyclic) bond motifs is 2. The molecule has 0 N–H and O–H groups in total. The van der Waals surface area contributed by atoms with Gasteiger partial charge >= 0.3 is 0 Å². The van der Waals surface area contributed by atoms with Gasteiger partial charge in [-0.1, -0.05) is 29.8 Å². The van der Waals surface area contributed by atoms with Gasteiger partial charge in [-0.25, -0.2) is 8.42 Å². The zero-order valence-electron chi connectivity index (χ0n) is 17.2. The maximum absolute atomic E-state index is 13.0. The molecule has 4 rings (SSSR count). The van der Waals surface area contributed by atoms with E-state index in [4.69, 9.17) is 9.47 Å². The van der Waals surface area contributed by atoms with Crippen LogP contribution in [-0.4, -0.2) is 68.5 Å². The molecule has 0 aromatic heterocycles. The Hall–Kier alpha value is -2.42. The van der Waals surface area contributed by atoms with Crippen LogP contribution in [0.2, 0.25) is 0 Å². The number of rotatable bonds is 5. The van der Waals surface area contributed by atoms with Crippen molar-refractivity contribution in [1.82, 2.24) is 9.21 Å². The second-order valence-electron chi connectivity index (χ2n) is 7.92. The number of benzene rings is 2.